The molecule has 0 spiro atoms. The fourth-order valence-corrected chi connectivity index (χ4v) is 8.03. The highest BCUT2D eigenvalue weighted by molar-refractivity contribution is 5.96. The van der Waals surface area contributed by atoms with Crippen LogP contribution in [0.2, 0.25) is 0 Å². The second kappa shape index (κ2) is 10.1. The molecule has 0 bridgehead atoms. The van der Waals surface area contributed by atoms with Crippen molar-refractivity contribution in [2.24, 2.45) is 23.2 Å². The number of halogens is 5. The predicted molar refractivity (Wildman–Crippen MR) is 140 cm³/mol. The Kier molecular flexibility index (Phi) is 7.27. The first-order valence-electron chi connectivity index (χ1n) is 13.9. The molecule has 0 radical (unpaired) electrons. The summed E-state index contributed by atoms with van der Waals surface area (Å²) in [6.07, 6.45) is -1.13. The lowest BCUT2D eigenvalue weighted by Gasteiger charge is -2.56. The average molecular weight is 595 g/mol. The van der Waals surface area contributed by atoms with Gasteiger partial charge in [0, 0.05) is 17.8 Å². The third kappa shape index (κ3) is 4.51. The standard InChI is InChI=1S/C31H31F5O6/c1-28-15-23(17-5-2-16(3-6-17)4-9-22(26(38)39)27(40)41)25-20-11-8-19(37)14-18(20)7-10-21(25)24(28)12-13-29(28,42)30(32,33)31(34,35)36/h2-6,9,14,21-24,42H,7-8,10-13,15H2,1H3,(H,38,39)(H,40,41)/b9-4+/t21?,23-,24?,28+,29+/m1/s1. The molecule has 2 saturated carbocycles. The van der Waals surface area contributed by atoms with Gasteiger partial charge in [0.1, 0.15) is 5.60 Å². The Hall–Kier alpha value is -3.34. The van der Waals surface area contributed by atoms with E-state index in [1.54, 1.807) is 30.3 Å². The van der Waals surface area contributed by atoms with Gasteiger partial charge < -0.3 is 15.3 Å². The minimum Gasteiger partial charge on any atom is -0.480 e. The fraction of sp³-hybridized carbons (Fsp3) is 0.516. The van der Waals surface area contributed by atoms with Gasteiger partial charge in [-0.3, -0.25) is 14.4 Å². The largest absolute Gasteiger partial charge is 0.480 e. The highest BCUT2D eigenvalue weighted by Crippen LogP contribution is 2.70. The van der Waals surface area contributed by atoms with Crippen LogP contribution in [-0.2, 0) is 14.4 Å². The molecule has 5 atom stereocenters. The molecule has 4 aliphatic carbocycles. The molecule has 3 N–H and O–H groups in total. The Morgan fingerprint density at radius 1 is 1.00 bits per heavy atom. The van der Waals surface area contributed by atoms with Gasteiger partial charge in [-0.15, -0.1) is 0 Å². The summed E-state index contributed by atoms with van der Waals surface area (Å²) in [6, 6.07) is 6.51. The summed E-state index contributed by atoms with van der Waals surface area (Å²) >= 11 is 0. The first-order chi connectivity index (χ1) is 19.5. The molecule has 0 aromatic heterocycles. The van der Waals surface area contributed by atoms with Crippen molar-refractivity contribution in [2.45, 2.75) is 75.5 Å². The molecule has 5 rings (SSSR count). The molecule has 2 fully saturated rings. The number of carbonyl (C=O) groups excluding carboxylic acids is 1. The molecule has 2 unspecified atom stereocenters. The van der Waals surface area contributed by atoms with Gasteiger partial charge >= 0.3 is 24.0 Å². The molecule has 6 nitrogen and oxygen atoms in total. The Labute approximate surface area is 238 Å². The lowest BCUT2D eigenvalue weighted by Crippen LogP contribution is -2.65. The number of carboxylic acid groups (broad SMARTS) is 2. The maximum absolute atomic E-state index is 15.1. The molecule has 1 aromatic carbocycles. The number of fused-ring (bicyclic) bond motifs is 4. The van der Waals surface area contributed by atoms with Gasteiger partial charge in [-0.05, 0) is 78.7 Å². The molecular weight excluding hydrogens is 563 g/mol. The molecule has 0 heterocycles. The van der Waals surface area contributed by atoms with Crippen molar-refractivity contribution in [3.8, 4) is 0 Å². The molecule has 0 amide bonds. The van der Waals surface area contributed by atoms with Crippen LogP contribution in [0.5, 0.6) is 0 Å². The van der Waals surface area contributed by atoms with Crippen LogP contribution in [0.4, 0.5) is 22.0 Å². The number of rotatable bonds is 6. The van der Waals surface area contributed by atoms with Crippen molar-refractivity contribution in [3.05, 3.63) is 64.3 Å². The quantitative estimate of drug-likeness (QED) is 0.263. The molecule has 11 heteroatoms. The number of hydrogen-bond acceptors (Lipinski definition) is 4. The zero-order chi connectivity index (χ0) is 30.8. The van der Waals surface area contributed by atoms with Crippen LogP contribution in [0, 0.1) is 23.2 Å². The number of hydrogen-bond donors (Lipinski definition) is 3. The molecule has 42 heavy (non-hydrogen) atoms. The predicted octanol–water partition coefficient (Wildman–Crippen LogP) is 6.31. The van der Waals surface area contributed by atoms with Crippen molar-refractivity contribution in [1.82, 2.24) is 0 Å². The van der Waals surface area contributed by atoms with Crippen LogP contribution in [0.15, 0.2) is 53.1 Å². The zero-order valence-electron chi connectivity index (χ0n) is 22.8. The summed E-state index contributed by atoms with van der Waals surface area (Å²) in [6.45, 7) is 1.35. The van der Waals surface area contributed by atoms with Crippen LogP contribution < -0.4 is 0 Å². The lowest BCUT2D eigenvalue weighted by atomic mass is 9.50. The summed E-state index contributed by atoms with van der Waals surface area (Å²) in [5.41, 5.74) is -1.24. The van der Waals surface area contributed by atoms with Crippen molar-refractivity contribution in [3.63, 3.8) is 0 Å². The number of ketones is 1. The molecule has 0 aliphatic heterocycles. The molecule has 4 aliphatic rings. The zero-order valence-corrected chi connectivity index (χ0v) is 22.8. The van der Waals surface area contributed by atoms with E-state index in [1.165, 1.54) is 13.0 Å². The van der Waals surface area contributed by atoms with Gasteiger partial charge in [-0.1, -0.05) is 48.9 Å². The summed E-state index contributed by atoms with van der Waals surface area (Å²) in [5.74, 6) is -11.7. The first-order valence-corrected chi connectivity index (χ1v) is 13.9. The molecule has 226 valence electrons. The molecule has 1 aromatic rings. The van der Waals surface area contributed by atoms with Gasteiger partial charge in [-0.25, -0.2) is 0 Å². The van der Waals surface area contributed by atoms with E-state index in [-0.39, 0.29) is 31.0 Å². The maximum Gasteiger partial charge on any atom is 0.456 e. The van der Waals surface area contributed by atoms with Gasteiger partial charge in [0.15, 0.2) is 11.7 Å². The second-order valence-electron chi connectivity index (χ2n) is 12.1. The van der Waals surface area contributed by atoms with Crippen LogP contribution in [-0.4, -0.2) is 50.7 Å². The van der Waals surface area contributed by atoms with E-state index in [0.717, 1.165) is 22.8 Å². The maximum atomic E-state index is 15.1. The summed E-state index contributed by atoms with van der Waals surface area (Å²) in [5, 5.41) is 29.5. The SMILES string of the molecule is C[C@]12C[C@H](c3ccc(/C=C/C(C(=O)O)C(=O)O)cc3)C3=C4CCC(=O)C=C4CCC3C1CC[C@@]2(O)C(F)(F)C(F)(F)F. The number of carbonyl (C=O) groups is 3. The van der Waals surface area contributed by atoms with E-state index in [2.05, 4.69) is 0 Å². The summed E-state index contributed by atoms with van der Waals surface area (Å²) < 4.78 is 71.3. The first kappa shape index (κ1) is 30.1. The third-order valence-electron chi connectivity index (χ3n) is 10.1. The van der Waals surface area contributed by atoms with E-state index in [4.69, 9.17) is 10.2 Å². The lowest BCUT2D eigenvalue weighted by molar-refractivity contribution is -0.362. The highest BCUT2D eigenvalue weighted by Gasteiger charge is 2.79. The summed E-state index contributed by atoms with van der Waals surface area (Å²) in [4.78, 5) is 34.6. The monoisotopic (exact) mass is 594 g/mol. The smallest absolute Gasteiger partial charge is 0.456 e. The normalized spacial score (nSPS) is 31.6. The Bertz CT molecular complexity index is 1390. The van der Waals surface area contributed by atoms with Gasteiger partial charge in [0.2, 0.25) is 0 Å². The van der Waals surface area contributed by atoms with E-state index in [1.807, 2.05) is 0 Å². The van der Waals surface area contributed by atoms with E-state index in [0.29, 0.717) is 30.4 Å². The average Bonchev–Trinajstić information content (AvgIpc) is 3.19. The van der Waals surface area contributed by atoms with Gasteiger partial charge in [0.25, 0.3) is 0 Å². The van der Waals surface area contributed by atoms with Crippen molar-refractivity contribution >= 4 is 23.8 Å². The van der Waals surface area contributed by atoms with Crippen LogP contribution >= 0.6 is 0 Å². The van der Waals surface area contributed by atoms with E-state index < -0.39 is 59.2 Å². The van der Waals surface area contributed by atoms with Crippen molar-refractivity contribution in [1.29, 1.82) is 0 Å². The number of allylic oxidation sites excluding steroid dienone is 4. The van der Waals surface area contributed by atoms with Gasteiger partial charge in [-0.2, -0.15) is 22.0 Å². The fourth-order valence-electron chi connectivity index (χ4n) is 8.03. The van der Waals surface area contributed by atoms with Crippen LogP contribution in [0.25, 0.3) is 6.08 Å². The Morgan fingerprint density at radius 3 is 2.24 bits per heavy atom. The van der Waals surface area contributed by atoms with Crippen molar-refractivity contribution < 1.29 is 51.7 Å². The minimum atomic E-state index is -5.93. The van der Waals surface area contributed by atoms with Gasteiger partial charge in [0.05, 0.1) is 0 Å². The number of benzene rings is 1. The van der Waals surface area contributed by atoms with Crippen LogP contribution in [0.1, 0.15) is 68.9 Å². The summed E-state index contributed by atoms with van der Waals surface area (Å²) in [7, 11) is 0. The number of aliphatic carboxylic acids is 2. The minimum absolute atomic E-state index is 0.0118. The Morgan fingerprint density at radius 2 is 1.64 bits per heavy atom. The number of alkyl halides is 5. The Balaban J connectivity index is 1.60. The van der Waals surface area contributed by atoms with E-state index in [9.17, 15) is 32.7 Å². The van der Waals surface area contributed by atoms with E-state index >= 15 is 8.78 Å². The topological polar surface area (TPSA) is 112 Å². The number of carboxylic acids is 2. The third-order valence-corrected chi connectivity index (χ3v) is 10.1. The highest BCUT2D eigenvalue weighted by atomic mass is 19.4. The molecular formula is C31H31F5O6. The second-order valence-corrected chi connectivity index (χ2v) is 12.1. The number of aliphatic hydroxyl groups is 1. The van der Waals surface area contributed by atoms with Crippen LogP contribution in [0.3, 0.4) is 0 Å². The van der Waals surface area contributed by atoms with Crippen molar-refractivity contribution in [2.75, 3.05) is 0 Å². The molecule has 0 saturated heterocycles.